The zero-order chi connectivity index (χ0) is 34.6. The van der Waals surface area contributed by atoms with E-state index in [1.54, 1.807) is 17.9 Å². The first-order chi connectivity index (χ1) is 23.8. The van der Waals surface area contributed by atoms with Crippen LogP contribution in [0.1, 0.15) is 72.2 Å². The molecule has 1 aliphatic heterocycles. The SMILES string of the molecule is CCOC(=O)CN[C@@H](C(=O)N1CCC[C@H]1C(=O)NCc1ccc(/C(N)=N/C(=O)OCC2CCCC2)s1)C(c1ccccc1)c1ccccc1. The Hall–Kier alpha value is -4.55. The fraction of sp³-hybridized carbons (Fsp3) is 0.432. The van der Waals surface area contributed by atoms with Gasteiger partial charge in [-0.3, -0.25) is 19.7 Å². The topological polar surface area (TPSA) is 152 Å². The number of hydrogen-bond acceptors (Lipinski definition) is 8. The molecule has 0 bridgehead atoms. The molecular formula is C37H45N5O6S. The van der Waals surface area contributed by atoms with Crippen LogP contribution in [0.3, 0.4) is 0 Å². The minimum Gasteiger partial charge on any atom is -0.465 e. The molecule has 4 N–H and O–H groups in total. The molecule has 2 atom stereocenters. The molecule has 2 aromatic carbocycles. The van der Waals surface area contributed by atoms with Crippen LogP contribution in [0.25, 0.3) is 0 Å². The lowest BCUT2D eigenvalue weighted by atomic mass is 9.84. The Balaban J connectivity index is 1.26. The molecule has 1 saturated heterocycles. The number of rotatable bonds is 14. The molecular weight excluding hydrogens is 643 g/mol. The van der Waals surface area contributed by atoms with Crippen molar-refractivity contribution in [3.63, 3.8) is 0 Å². The summed E-state index contributed by atoms with van der Waals surface area (Å²) in [6, 6.07) is 21.4. The van der Waals surface area contributed by atoms with Gasteiger partial charge in [0, 0.05) is 17.3 Å². The molecule has 3 aromatic rings. The average molecular weight is 688 g/mol. The van der Waals surface area contributed by atoms with Gasteiger partial charge in [0.2, 0.25) is 11.8 Å². The molecule has 49 heavy (non-hydrogen) atoms. The summed E-state index contributed by atoms with van der Waals surface area (Å²) in [5, 5.41) is 6.17. The zero-order valence-corrected chi connectivity index (χ0v) is 28.7. The second-order valence-corrected chi connectivity index (χ2v) is 13.5. The van der Waals surface area contributed by atoms with Gasteiger partial charge in [-0.25, -0.2) is 4.79 Å². The summed E-state index contributed by atoms with van der Waals surface area (Å²) >= 11 is 1.32. The van der Waals surface area contributed by atoms with Crippen LogP contribution < -0.4 is 16.4 Å². The maximum atomic E-state index is 14.4. The molecule has 2 heterocycles. The third-order valence-electron chi connectivity index (χ3n) is 9.01. The third kappa shape index (κ3) is 9.76. The van der Waals surface area contributed by atoms with Crippen LogP contribution >= 0.6 is 11.3 Å². The summed E-state index contributed by atoms with van der Waals surface area (Å²) in [7, 11) is 0. The van der Waals surface area contributed by atoms with E-state index >= 15 is 0 Å². The smallest absolute Gasteiger partial charge is 0.435 e. The first kappa shape index (κ1) is 35.7. The minimum absolute atomic E-state index is 0.0688. The number of likely N-dealkylation sites (tertiary alicyclic amines) is 1. The number of hydrogen-bond donors (Lipinski definition) is 3. The van der Waals surface area contributed by atoms with E-state index in [2.05, 4.69) is 15.6 Å². The van der Waals surface area contributed by atoms with Crippen molar-refractivity contribution in [1.82, 2.24) is 15.5 Å². The lowest BCUT2D eigenvalue weighted by Crippen LogP contribution is -2.55. The average Bonchev–Trinajstić information content (AvgIpc) is 3.92. The van der Waals surface area contributed by atoms with Crippen LogP contribution in [-0.2, 0) is 30.4 Å². The molecule has 1 aliphatic carbocycles. The Labute approximate surface area is 291 Å². The Kier molecular flexibility index (Phi) is 12.9. The molecule has 260 valence electrons. The molecule has 3 amide bonds. The normalized spacial score (nSPS) is 17.2. The van der Waals surface area contributed by atoms with E-state index < -0.39 is 30.1 Å². The van der Waals surface area contributed by atoms with E-state index in [-0.39, 0.29) is 37.3 Å². The highest BCUT2D eigenvalue weighted by Crippen LogP contribution is 2.31. The summed E-state index contributed by atoms with van der Waals surface area (Å²) in [5.74, 6) is -0.952. The maximum absolute atomic E-state index is 14.4. The van der Waals surface area contributed by atoms with Gasteiger partial charge >= 0.3 is 12.1 Å². The highest BCUT2D eigenvalue weighted by atomic mass is 32.1. The van der Waals surface area contributed by atoms with Crippen molar-refractivity contribution < 1.29 is 28.7 Å². The number of ether oxygens (including phenoxy) is 2. The Morgan fingerprint density at radius 1 is 0.918 bits per heavy atom. The number of benzene rings is 2. The van der Waals surface area contributed by atoms with Crippen LogP contribution in [0.2, 0.25) is 0 Å². The Bertz CT molecular complexity index is 1550. The summed E-state index contributed by atoms with van der Waals surface area (Å²) < 4.78 is 10.5. The summed E-state index contributed by atoms with van der Waals surface area (Å²) in [5.41, 5.74) is 7.90. The van der Waals surface area contributed by atoms with Gasteiger partial charge in [0.25, 0.3) is 0 Å². The Morgan fingerprint density at radius 3 is 2.24 bits per heavy atom. The number of amides is 3. The van der Waals surface area contributed by atoms with E-state index in [1.165, 1.54) is 11.3 Å². The fourth-order valence-corrected chi connectivity index (χ4v) is 7.44. The van der Waals surface area contributed by atoms with Gasteiger partial charge in [-0.05, 0) is 61.8 Å². The van der Waals surface area contributed by atoms with Crippen molar-refractivity contribution in [1.29, 1.82) is 0 Å². The molecule has 2 fully saturated rings. The molecule has 1 aromatic heterocycles. The summed E-state index contributed by atoms with van der Waals surface area (Å²) in [6.07, 6.45) is 4.94. The van der Waals surface area contributed by atoms with E-state index in [1.807, 2.05) is 66.7 Å². The number of nitrogens with one attached hydrogen (secondary N) is 2. The highest BCUT2D eigenvalue weighted by molar-refractivity contribution is 7.14. The summed E-state index contributed by atoms with van der Waals surface area (Å²) in [4.78, 5) is 59.6. The van der Waals surface area contributed by atoms with Crippen molar-refractivity contribution in [2.24, 2.45) is 16.6 Å². The fourth-order valence-electron chi connectivity index (χ4n) is 6.59. The number of amidine groups is 1. The number of aliphatic imine (C=N–C) groups is 1. The standard InChI is InChI=1S/C37H45N5O6S/c1-2-47-31(43)23-39-33(32(26-14-5-3-6-15-26)27-16-7-4-8-17-27)36(45)42-21-11-18-29(42)35(44)40-22-28-19-20-30(49-28)34(38)41-37(46)48-24-25-12-9-10-13-25/h3-8,14-17,19-20,25,29,32-33,39H,2,9-13,18,21-24H2,1H3,(H,40,44)(H2,38,41,46)/t29-,33+/m0/s1. The number of carbonyl (C=O) groups is 4. The first-order valence-electron chi connectivity index (χ1n) is 17.0. The first-order valence-corrected chi connectivity index (χ1v) is 17.8. The van der Waals surface area contributed by atoms with Crippen LogP contribution in [0, 0.1) is 5.92 Å². The van der Waals surface area contributed by atoms with E-state index in [4.69, 9.17) is 15.2 Å². The number of thiophene rings is 1. The van der Waals surface area contributed by atoms with Gasteiger partial charge in [0.15, 0.2) is 0 Å². The van der Waals surface area contributed by atoms with Gasteiger partial charge < -0.3 is 25.4 Å². The van der Waals surface area contributed by atoms with E-state index in [9.17, 15) is 19.2 Å². The van der Waals surface area contributed by atoms with Crippen molar-refractivity contribution in [2.45, 2.75) is 70.0 Å². The van der Waals surface area contributed by atoms with E-state index in [0.717, 1.165) is 41.7 Å². The molecule has 2 aliphatic rings. The number of carbonyl (C=O) groups excluding carboxylic acids is 4. The summed E-state index contributed by atoms with van der Waals surface area (Å²) in [6.45, 7) is 2.81. The number of nitrogens with two attached hydrogens (primary N) is 1. The van der Waals surface area contributed by atoms with Crippen molar-refractivity contribution >= 4 is 41.0 Å². The van der Waals surface area contributed by atoms with Crippen molar-refractivity contribution in [3.05, 3.63) is 93.7 Å². The van der Waals surface area contributed by atoms with Crippen LogP contribution in [0.5, 0.6) is 0 Å². The van der Waals surface area contributed by atoms with Crippen LogP contribution in [-0.4, -0.2) is 73.0 Å². The molecule has 11 nitrogen and oxygen atoms in total. The van der Waals surface area contributed by atoms with Gasteiger partial charge in [-0.15, -0.1) is 11.3 Å². The minimum atomic E-state index is -0.838. The number of esters is 1. The molecule has 0 spiro atoms. The van der Waals surface area contributed by atoms with Crippen LogP contribution in [0.15, 0.2) is 77.8 Å². The monoisotopic (exact) mass is 687 g/mol. The zero-order valence-electron chi connectivity index (χ0n) is 27.8. The predicted octanol–water partition coefficient (Wildman–Crippen LogP) is 4.74. The highest BCUT2D eigenvalue weighted by Gasteiger charge is 2.41. The van der Waals surface area contributed by atoms with E-state index in [0.29, 0.717) is 36.8 Å². The molecule has 12 heteroatoms. The largest absolute Gasteiger partial charge is 0.465 e. The lowest BCUT2D eigenvalue weighted by molar-refractivity contribution is -0.143. The van der Waals surface area contributed by atoms with Gasteiger partial charge in [0.05, 0.1) is 37.2 Å². The Morgan fingerprint density at radius 2 is 1.59 bits per heavy atom. The lowest BCUT2D eigenvalue weighted by Gasteiger charge is -2.33. The molecule has 0 radical (unpaired) electrons. The molecule has 0 unspecified atom stereocenters. The van der Waals surface area contributed by atoms with Crippen molar-refractivity contribution in [2.75, 3.05) is 26.3 Å². The second-order valence-electron chi connectivity index (χ2n) is 12.4. The quantitative estimate of drug-likeness (QED) is 0.125. The van der Waals surface area contributed by atoms with Gasteiger partial charge in [-0.1, -0.05) is 73.5 Å². The second kappa shape index (κ2) is 17.7. The van der Waals surface area contributed by atoms with Crippen molar-refractivity contribution in [3.8, 4) is 0 Å². The maximum Gasteiger partial charge on any atom is 0.435 e. The number of nitrogens with zero attached hydrogens (tertiary/aromatic N) is 2. The van der Waals surface area contributed by atoms with Gasteiger partial charge in [-0.2, -0.15) is 4.99 Å². The molecule has 1 saturated carbocycles. The van der Waals surface area contributed by atoms with Gasteiger partial charge in [0.1, 0.15) is 11.9 Å². The third-order valence-corrected chi connectivity index (χ3v) is 10.1. The van der Waals surface area contributed by atoms with Crippen LogP contribution in [0.4, 0.5) is 4.79 Å². The predicted molar refractivity (Wildman–Crippen MR) is 188 cm³/mol. The molecule has 5 rings (SSSR count).